The van der Waals surface area contributed by atoms with E-state index < -0.39 is 0 Å². The van der Waals surface area contributed by atoms with Crippen LogP contribution in [0.5, 0.6) is 0 Å². The van der Waals surface area contributed by atoms with E-state index in [2.05, 4.69) is 55.6 Å². The minimum absolute atomic E-state index is 0.505. The second kappa shape index (κ2) is 52.2. The molecule has 2 aliphatic heterocycles. The summed E-state index contributed by atoms with van der Waals surface area (Å²) in [5.74, 6) is 3.64. The molecule has 3 rings (SSSR count). The molecule has 0 saturated carbocycles. The number of nitrogens with zero attached hydrogens (tertiary/aromatic N) is 3. The monoisotopic (exact) mass is 570 g/mol. The number of aromatic amines is 1. The van der Waals surface area contributed by atoms with E-state index in [0.29, 0.717) is 11.5 Å². The number of aromatic nitrogens is 2. The lowest BCUT2D eigenvalue weighted by Crippen LogP contribution is -2.26. The second-order valence-corrected chi connectivity index (χ2v) is 7.14. The molecule has 2 aliphatic rings. The first-order valence-electron chi connectivity index (χ1n) is 14.5. The van der Waals surface area contributed by atoms with Crippen LogP contribution in [0.15, 0.2) is 59.2 Å². The highest BCUT2D eigenvalue weighted by Gasteiger charge is 1.94. The third-order valence-electron chi connectivity index (χ3n) is 2.86. The standard InChI is InChI=1S/C5H10N2.C4H8N2.C4H6N2.C4H8.C3H8N2.C3H7N.4C2H6/c1-5-6-3-2-4-7-5;2*1-4-5-2-3-6-4;1-4(2)3;1-3(4)5-2;1-3(2)4;4*1-2/h2-4H2,1H3,(H,6,7);2-3H2,1H3,(H,5,6);2-3H,1H3,(H,5,6);1H2,2-3H3;5H,1,4H2,2H3;1,4H2,2H3;4*1-2H3. The number of H-pyrrole nitrogens is 1. The first-order valence-corrected chi connectivity index (χ1v) is 14.5. The van der Waals surface area contributed by atoms with Crippen LogP contribution in [0.3, 0.4) is 0 Å². The number of rotatable bonds is 1. The number of imidazole rings is 1. The number of hydrogen-bond donors (Lipinski definition) is 6. The molecule has 3 heterocycles. The summed E-state index contributed by atoms with van der Waals surface area (Å²) in [6.07, 6.45) is 4.72. The van der Waals surface area contributed by atoms with Crippen LogP contribution in [0, 0.1) is 6.92 Å². The topological polar surface area (TPSA) is 142 Å². The number of aliphatic imine (C=N–C) groups is 2. The lowest BCUT2D eigenvalue weighted by Gasteiger charge is -2.08. The Kier molecular flexibility index (Phi) is 69.3. The largest absolute Gasteiger partial charge is 0.403 e. The molecular formula is C31H71N9. The van der Waals surface area contributed by atoms with Gasteiger partial charge in [0.15, 0.2) is 0 Å². The Labute approximate surface area is 250 Å². The SMILES string of the molecule is C=C(C)C.C=C(C)N.C=C(N)NC.CC.CC.CC.CC.CC1=NCCCN1.CC1=NCCN1.Cc1ncc[nH]1. The lowest BCUT2D eigenvalue weighted by atomic mass is 10.4. The molecule has 0 radical (unpaired) electrons. The minimum atomic E-state index is 0.505. The van der Waals surface area contributed by atoms with Gasteiger partial charge in [-0.05, 0) is 53.7 Å². The molecule has 240 valence electrons. The molecule has 9 heteroatoms. The Hall–Kier alpha value is -3.23. The van der Waals surface area contributed by atoms with E-state index >= 15 is 0 Å². The number of nitrogens with two attached hydrogens (primary N) is 2. The van der Waals surface area contributed by atoms with Crippen LogP contribution >= 0.6 is 0 Å². The Bertz CT molecular complexity index is 642. The first-order chi connectivity index (χ1) is 18.9. The Morgan fingerprint density at radius 1 is 0.775 bits per heavy atom. The van der Waals surface area contributed by atoms with Crippen molar-refractivity contribution in [3.63, 3.8) is 0 Å². The summed E-state index contributed by atoms with van der Waals surface area (Å²) < 4.78 is 0. The Balaban J connectivity index is -0.0000000628. The first kappa shape index (κ1) is 53.1. The summed E-state index contributed by atoms with van der Waals surface area (Å²) in [6, 6.07) is 0. The number of allylic oxidation sites excluding steroid dienone is 2. The van der Waals surface area contributed by atoms with Gasteiger partial charge in [0.1, 0.15) is 5.82 Å². The van der Waals surface area contributed by atoms with Crippen molar-refractivity contribution < 1.29 is 0 Å². The van der Waals surface area contributed by atoms with Gasteiger partial charge in [-0.15, -0.1) is 6.58 Å². The van der Waals surface area contributed by atoms with Gasteiger partial charge in [0.05, 0.1) is 24.0 Å². The average Bonchev–Trinajstić information content (AvgIpc) is 3.63. The predicted molar refractivity (Wildman–Crippen MR) is 187 cm³/mol. The molecule has 0 amide bonds. The fourth-order valence-corrected chi connectivity index (χ4v) is 1.51. The lowest BCUT2D eigenvalue weighted by molar-refractivity contribution is 0.739. The van der Waals surface area contributed by atoms with Crippen LogP contribution in [0.1, 0.15) is 102 Å². The maximum atomic E-state index is 4.99. The highest BCUT2D eigenvalue weighted by molar-refractivity contribution is 5.80. The van der Waals surface area contributed by atoms with Crippen LogP contribution in [0.2, 0.25) is 0 Å². The molecule has 0 unspecified atom stereocenters. The maximum Gasteiger partial charge on any atom is 0.102 e. The van der Waals surface area contributed by atoms with Crippen molar-refractivity contribution in [1.82, 2.24) is 25.9 Å². The molecule has 8 N–H and O–H groups in total. The van der Waals surface area contributed by atoms with Crippen molar-refractivity contribution in [1.29, 1.82) is 0 Å². The van der Waals surface area contributed by atoms with E-state index in [1.807, 2.05) is 90.0 Å². The van der Waals surface area contributed by atoms with Crippen molar-refractivity contribution in [2.24, 2.45) is 21.5 Å². The molecule has 0 aliphatic carbocycles. The van der Waals surface area contributed by atoms with Crippen LogP contribution in [-0.4, -0.2) is 54.9 Å². The van der Waals surface area contributed by atoms with Crippen molar-refractivity contribution in [2.75, 3.05) is 33.2 Å². The summed E-state index contributed by atoms with van der Waals surface area (Å²) in [4.78, 5) is 14.9. The van der Waals surface area contributed by atoms with Gasteiger partial charge in [-0.2, -0.15) is 0 Å². The van der Waals surface area contributed by atoms with Gasteiger partial charge in [-0.1, -0.05) is 74.1 Å². The highest BCUT2D eigenvalue weighted by atomic mass is 15.1. The van der Waals surface area contributed by atoms with Gasteiger partial charge in [0, 0.05) is 39.1 Å². The minimum Gasteiger partial charge on any atom is -0.403 e. The van der Waals surface area contributed by atoms with E-state index in [1.165, 1.54) is 12.0 Å². The molecule has 0 aromatic carbocycles. The van der Waals surface area contributed by atoms with E-state index in [0.717, 1.165) is 43.7 Å². The summed E-state index contributed by atoms with van der Waals surface area (Å²) >= 11 is 0. The zero-order valence-electron chi connectivity index (χ0n) is 29.3. The van der Waals surface area contributed by atoms with E-state index in [-0.39, 0.29) is 0 Å². The zero-order valence-corrected chi connectivity index (χ0v) is 29.3. The van der Waals surface area contributed by atoms with Gasteiger partial charge in [0.25, 0.3) is 0 Å². The molecule has 1 aromatic heterocycles. The molecule has 9 nitrogen and oxygen atoms in total. The fourth-order valence-electron chi connectivity index (χ4n) is 1.51. The fraction of sp³-hybridized carbons (Fsp3) is 0.645. The van der Waals surface area contributed by atoms with E-state index in [4.69, 9.17) is 11.5 Å². The highest BCUT2D eigenvalue weighted by Crippen LogP contribution is 1.86. The van der Waals surface area contributed by atoms with Gasteiger partial charge in [-0.3, -0.25) is 9.98 Å². The molecule has 0 saturated heterocycles. The number of aryl methyl sites for hydroxylation is 1. The third kappa shape index (κ3) is 91.9. The molecule has 40 heavy (non-hydrogen) atoms. The maximum absolute atomic E-state index is 4.99. The second-order valence-electron chi connectivity index (χ2n) is 7.14. The quantitative estimate of drug-likeness (QED) is 0.203. The molecular weight excluding hydrogens is 498 g/mol. The van der Waals surface area contributed by atoms with Crippen molar-refractivity contribution in [3.05, 3.63) is 55.0 Å². The van der Waals surface area contributed by atoms with Gasteiger partial charge in [0.2, 0.25) is 0 Å². The number of hydrogen-bond acceptors (Lipinski definition) is 8. The van der Waals surface area contributed by atoms with Gasteiger partial charge < -0.3 is 32.4 Å². The molecule has 0 spiro atoms. The smallest absolute Gasteiger partial charge is 0.102 e. The molecule has 0 atom stereocenters. The van der Waals surface area contributed by atoms with Crippen molar-refractivity contribution in [3.8, 4) is 0 Å². The predicted octanol–water partition coefficient (Wildman–Crippen LogP) is 6.93. The summed E-state index contributed by atoms with van der Waals surface area (Å²) in [7, 11) is 1.72. The number of nitrogens with one attached hydrogen (secondary N) is 4. The van der Waals surface area contributed by atoms with Crippen molar-refractivity contribution >= 4 is 11.7 Å². The molecule has 0 bridgehead atoms. The van der Waals surface area contributed by atoms with E-state index in [1.54, 1.807) is 26.4 Å². The van der Waals surface area contributed by atoms with Gasteiger partial charge in [-0.25, -0.2) is 4.98 Å². The summed E-state index contributed by atoms with van der Waals surface area (Å²) in [5.41, 5.74) is 11.7. The summed E-state index contributed by atoms with van der Waals surface area (Å²) in [5, 5.41) is 8.81. The number of amidine groups is 2. The zero-order chi connectivity index (χ0) is 33.4. The molecule has 0 fully saturated rings. The molecule has 1 aromatic rings. The van der Waals surface area contributed by atoms with Crippen LogP contribution in [0.4, 0.5) is 0 Å². The van der Waals surface area contributed by atoms with Crippen LogP contribution < -0.4 is 27.4 Å². The van der Waals surface area contributed by atoms with Crippen LogP contribution in [-0.2, 0) is 0 Å². The average molecular weight is 570 g/mol. The van der Waals surface area contributed by atoms with Crippen LogP contribution in [0.25, 0.3) is 0 Å². The van der Waals surface area contributed by atoms with E-state index in [9.17, 15) is 0 Å². The normalized spacial score (nSPS) is 10.6. The van der Waals surface area contributed by atoms with Crippen molar-refractivity contribution in [2.45, 2.75) is 103 Å². The Morgan fingerprint density at radius 3 is 1.23 bits per heavy atom. The Morgan fingerprint density at radius 2 is 1.12 bits per heavy atom. The summed E-state index contributed by atoms with van der Waals surface area (Å²) in [6.45, 7) is 41.9. The third-order valence-corrected chi connectivity index (χ3v) is 2.86. The van der Waals surface area contributed by atoms with Gasteiger partial charge >= 0.3 is 0 Å².